The summed E-state index contributed by atoms with van der Waals surface area (Å²) in [7, 11) is 0. The lowest BCUT2D eigenvalue weighted by Crippen LogP contribution is -1.97. The van der Waals surface area contributed by atoms with E-state index in [0.717, 1.165) is 52.1 Å². The molecule has 138 valence electrons. The number of nitrogens with zero attached hydrogens (tertiary/aromatic N) is 1. The lowest BCUT2D eigenvalue weighted by molar-refractivity contribution is 0.475. The predicted molar refractivity (Wildman–Crippen MR) is 114 cm³/mol. The van der Waals surface area contributed by atoms with Crippen LogP contribution in [0.3, 0.4) is 0 Å². The Morgan fingerprint density at radius 3 is 2.39 bits per heavy atom. The lowest BCUT2D eigenvalue weighted by atomic mass is 9.87. The number of phenolic OH excluding ortho intramolecular Hbond substituents is 1. The summed E-state index contributed by atoms with van der Waals surface area (Å²) in [6.45, 7) is 2.04. The van der Waals surface area contributed by atoms with E-state index in [9.17, 15) is 10.4 Å². The minimum atomic E-state index is 0.243. The molecule has 0 fully saturated rings. The first-order valence-electron chi connectivity index (χ1n) is 9.39. The number of benzene rings is 3. The minimum Gasteiger partial charge on any atom is -0.508 e. The molecule has 0 unspecified atom stereocenters. The van der Waals surface area contributed by atoms with Crippen LogP contribution in [-0.4, -0.2) is 5.11 Å². The predicted octanol–water partition coefficient (Wildman–Crippen LogP) is 6.52. The molecule has 0 amide bonds. The molecule has 0 bridgehead atoms. The van der Waals surface area contributed by atoms with Crippen molar-refractivity contribution in [1.82, 2.24) is 0 Å². The highest BCUT2D eigenvalue weighted by Crippen LogP contribution is 2.42. The van der Waals surface area contributed by atoms with E-state index < -0.39 is 0 Å². The van der Waals surface area contributed by atoms with Crippen molar-refractivity contribution in [3.8, 4) is 11.8 Å². The zero-order valence-corrected chi connectivity index (χ0v) is 16.4. The van der Waals surface area contributed by atoms with Gasteiger partial charge in [-0.3, -0.25) is 0 Å². The van der Waals surface area contributed by atoms with E-state index in [1.54, 1.807) is 12.1 Å². The van der Waals surface area contributed by atoms with Crippen LogP contribution in [-0.2, 0) is 6.42 Å². The number of aryl methyl sites for hydroxylation is 2. The molecule has 1 N–H and O–H groups in total. The largest absolute Gasteiger partial charge is 0.508 e. The van der Waals surface area contributed by atoms with Crippen molar-refractivity contribution in [2.24, 2.45) is 0 Å². The average Bonchev–Trinajstić information content (AvgIpc) is 2.87. The number of phenols is 1. The van der Waals surface area contributed by atoms with Crippen LogP contribution in [0, 0.1) is 18.3 Å². The Bertz CT molecular complexity index is 1120. The number of fused-ring (bicyclic) bond motifs is 1. The van der Waals surface area contributed by atoms with Gasteiger partial charge in [0.1, 0.15) is 5.75 Å². The van der Waals surface area contributed by atoms with Crippen LogP contribution in [0.5, 0.6) is 5.75 Å². The summed E-state index contributed by atoms with van der Waals surface area (Å²) in [5, 5.41) is 19.8. The molecular weight excluding hydrogens is 366 g/mol. The molecule has 2 nitrogen and oxygen atoms in total. The monoisotopic (exact) mass is 385 g/mol. The summed E-state index contributed by atoms with van der Waals surface area (Å²) < 4.78 is 0. The smallest absolute Gasteiger partial charge is 0.115 e. The van der Waals surface area contributed by atoms with Crippen molar-refractivity contribution < 1.29 is 5.11 Å². The molecule has 3 heteroatoms. The Kier molecular flexibility index (Phi) is 4.94. The standard InChI is InChI=1S/C25H20ClNO/c1-16-5-11-22(24(26)13-16)23-4-2-3-19-14-17(15-27)6-12-21(19)25(23)18-7-9-20(28)10-8-18/h5-14,28H,2-4H2,1H3. The molecule has 0 spiro atoms. The first-order valence-corrected chi connectivity index (χ1v) is 9.77. The van der Waals surface area contributed by atoms with Gasteiger partial charge in [-0.1, -0.05) is 41.9 Å². The summed E-state index contributed by atoms with van der Waals surface area (Å²) in [6, 6.07) is 21.7. The third-order valence-corrected chi connectivity index (χ3v) is 5.60. The summed E-state index contributed by atoms with van der Waals surface area (Å²) in [4.78, 5) is 0. The molecule has 0 aliphatic heterocycles. The Labute approximate surface area is 170 Å². The second-order valence-corrected chi connectivity index (χ2v) is 7.63. The van der Waals surface area contributed by atoms with E-state index in [2.05, 4.69) is 18.2 Å². The molecular formula is C25H20ClNO. The van der Waals surface area contributed by atoms with Crippen LogP contribution in [0.1, 0.15) is 46.2 Å². The van der Waals surface area contributed by atoms with Crippen LogP contribution >= 0.6 is 11.6 Å². The maximum absolute atomic E-state index is 9.76. The van der Waals surface area contributed by atoms with Gasteiger partial charge in [0.05, 0.1) is 11.6 Å². The molecule has 0 radical (unpaired) electrons. The fourth-order valence-electron chi connectivity index (χ4n) is 3.95. The van der Waals surface area contributed by atoms with E-state index in [0.29, 0.717) is 5.56 Å². The van der Waals surface area contributed by atoms with E-state index in [1.807, 2.05) is 43.3 Å². The average molecular weight is 386 g/mol. The SMILES string of the molecule is Cc1ccc(C2=C(c3ccc(O)cc3)c3ccc(C#N)cc3CCC2)c(Cl)c1. The summed E-state index contributed by atoms with van der Waals surface area (Å²) in [5.74, 6) is 0.243. The number of rotatable bonds is 2. The zero-order valence-electron chi connectivity index (χ0n) is 15.7. The van der Waals surface area contributed by atoms with Crippen molar-refractivity contribution in [1.29, 1.82) is 5.26 Å². The van der Waals surface area contributed by atoms with Gasteiger partial charge in [0.25, 0.3) is 0 Å². The fourth-order valence-corrected chi connectivity index (χ4v) is 4.30. The number of nitriles is 1. The third-order valence-electron chi connectivity index (χ3n) is 5.28. The number of halogens is 1. The van der Waals surface area contributed by atoms with Crippen LogP contribution < -0.4 is 0 Å². The summed E-state index contributed by atoms with van der Waals surface area (Å²) >= 11 is 6.65. The molecule has 0 saturated heterocycles. The van der Waals surface area contributed by atoms with Gasteiger partial charge in [-0.25, -0.2) is 0 Å². The number of hydrogen-bond donors (Lipinski definition) is 1. The Hall–Kier alpha value is -3.02. The van der Waals surface area contributed by atoms with Gasteiger partial charge in [0, 0.05) is 5.02 Å². The van der Waals surface area contributed by atoms with Gasteiger partial charge < -0.3 is 5.11 Å². The number of hydrogen-bond acceptors (Lipinski definition) is 2. The Morgan fingerprint density at radius 1 is 0.929 bits per heavy atom. The second-order valence-electron chi connectivity index (χ2n) is 7.22. The van der Waals surface area contributed by atoms with Gasteiger partial charge in [-0.15, -0.1) is 0 Å². The zero-order chi connectivity index (χ0) is 19.7. The molecule has 1 aliphatic rings. The third kappa shape index (κ3) is 3.42. The van der Waals surface area contributed by atoms with Crippen LogP contribution in [0.25, 0.3) is 11.1 Å². The lowest BCUT2D eigenvalue weighted by Gasteiger charge is -2.18. The van der Waals surface area contributed by atoms with Gasteiger partial charge in [0.2, 0.25) is 0 Å². The highest BCUT2D eigenvalue weighted by molar-refractivity contribution is 6.32. The molecule has 3 aromatic rings. The first kappa shape index (κ1) is 18.3. The van der Waals surface area contributed by atoms with Gasteiger partial charge in [-0.05, 0) is 95.5 Å². The van der Waals surface area contributed by atoms with E-state index in [-0.39, 0.29) is 5.75 Å². The highest BCUT2D eigenvalue weighted by Gasteiger charge is 2.21. The quantitative estimate of drug-likeness (QED) is 0.545. The maximum Gasteiger partial charge on any atom is 0.115 e. The fraction of sp³-hybridized carbons (Fsp3) is 0.160. The van der Waals surface area contributed by atoms with Crippen LogP contribution in [0.2, 0.25) is 5.02 Å². The Balaban J connectivity index is 2.03. The highest BCUT2D eigenvalue weighted by atomic mass is 35.5. The van der Waals surface area contributed by atoms with Crippen molar-refractivity contribution in [3.63, 3.8) is 0 Å². The molecule has 0 heterocycles. The topological polar surface area (TPSA) is 44.0 Å². The first-order chi connectivity index (χ1) is 13.6. The van der Waals surface area contributed by atoms with Crippen LogP contribution in [0.15, 0.2) is 60.7 Å². The summed E-state index contributed by atoms with van der Waals surface area (Å²) in [6.07, 6.45) is 2.80. The van der Waals surface area contributed by atoms with Crippen molar-refractivity contribution in [2.75, 3.05) is 0 Å². The van der Waals surface area contributed by atoms with Crippen molar-refractivity contribution >= 4 is 22.7 Å². The molecule has 0 saturated carbocycles. The minimum absolute atomic E-state index is 0.243. The Morgan fingerprint density at radius 2 is 1.68 bits per heavy atom. The molecule has 1 aliphatic carbocycles. The van der Waals surface area contributed by atoms with E-state index in [4.69, 9.17) is 11.6 Å². The van der Waals surface area contributed by atoms with E-state index >= 15 is 0 Å². The molecule has 28 heavy (non-hydrogen) atoms. The molecule has 0 aromatic heterocycles. The van der Waals surface area contributed by atoms with Gasteiger partial charge in [-0.2, -0.15) is 5.26 Å². The molecule has 3 aromatic carbocycles. The number of aromatic hydroxyl groups is 1. The molecule has 0 atom stereocenters. The van der Waals surface area contributed by atoms with Crippen molar-refractivity contribution in [3.05, 3.63) is 99.1 Å². The van der Waals surface area contributed by atoms with Gasteiger partial charge >= 0.3 is 0 Å². The van der Waals surface area contributed by atoms with Gasteiger partial charge in [0.15, 0.2) is 0 Å². The van der Waals surface area contributed by atoms with Crippen LogP contribution in [0.4, 0.5) is 0 Å². The second kappa shape index (κ2) is 7.54. The number of allylic oxidation sites excluding steroid dienone is 1. The van der Waals surface area contributed by atoms with E-state index in [1.165, 1.54) is 11.1 Å². The normalized spacial score (nSPS) is 13.6. The maximum atomic E-state index is 9.76. The van der Waals surface area contributed by atoms with Crippen molar-refractivity contribution in [2.45, 2.75) is 26.2 Å². The molecule has 4 rings (SSSR count). The summed E-state index contributed by atoms with van der Waals surface area (Å²) in [5.41, 5.74) is 8.55.